The molecule has 186 valence electrons. The average Bonchev–Trinajstić information content (AvgIpc) is 2.88. The van der Waals surface area contributed by atoms with Gasteiger partial charge in [0.15, 0.2) is 0 Å². The smallest absolute Gasteiger partial charge is 0.254 e. The number of nitriles is 1. The zero-order valence-electron chi connectivity index (χ0n) is 20.3. The number of carbonyl (C=O) groups is 2. The van der Waals surface area contributed by atoms with Crippen molar-refractivity contribution in [3.63, 3.8) is 0 Å². The monoisotopic (exact) mass is 512 g/mol. The molecule has 0 bridgehead atoms. The van der Waals surface area contributed by atoms with Crippen molar-refractivity contribution in [1.29, 1.82) is 5.26 Å². The van der Waals surface area contributed by atoms with Crippen molar-refractivity contribution in [2.24, 2.45) is 0 Å². The van der Waals surface area contributed by atoms with E-state index in [0.29, 0.717) is 22.1 Å². The lowest BCUT2D eigenvalue weighted by molar-refractivity contribution is -0.114. The molecule has 37 heavy (non-hydrogen) atoms. The predicted octanol–water partition coefficient (Wildman–Crippen LogP) is 5.84. The maximum absolute atomic E-state index is 15.0. The minimum atomic E-state index is -0.946. The van der Waals surface area contributed by atoms with E-state index < -0.39 is 17.6 Å². The van der Waals surface area contributed by atoms with E-state index in [0.717, 1.165) is 17.3 Å². The van der Waals surface area contributed by atoms with Crippen LogP contribution in [0.1, 0.15) is 24.0 Å². The van der Waals surface area contributed by atoms with Gasteiger partial charge < -0.3 is 16.0 Å². The van der Waals surface area contributed by atoms with E-state index in [2.05, 4.69) is 22.0 Å². The van der Waals surface area contributed by atoms with Crippen LogP contribution in [0.2, 0.25) is 0 Å². The summed E-state index contributed by atoms with van der Waals surface area (Å²) < 4.78 is 15.0. The molecule has 6 nitrogen and oxygen atoms in total. The zero-order chi connectivity index (χ0) is 26.4. The lowest BCUT2D eigenvalue weighted by Crippen LogP contribution is -2.31. The van der Waals surface area contributed by atoms with E-state index >= 15 is 4.39 Å². The Labute approximate surface area is 219 Å². The summed E-state index contributed by atoms with van der Waals surface area (Å²) in [5, 5.41) is 19.4. The van der Waals surface area contributed by atoms with Gasteiger partial charge >= 0.3 is 0 Å². The molecule has 0 unspecified atom stereocenters. The summed E-state index contributed by atoms with van der Waals surface area (Å²) in [5.41, 5.74) is 3.36. The number of nitrogens with zero attached hydrogens (tertiary/aromatic N) is 1. The van der Waals surface area contributed by atoms with Crippen LogP contribution in [0.25, 0.3) is 0 Å². The molecule has 2 amide bonds. The van der Waals surface area contributed by atoms with Crippen LogP contribution in [0.5, 0.6) is 0 Å². The number of para-hydroxylation sites is 1. The van der Waals surface area contributed by atoms with Crippen LogP contribution >= 0.6 is 11.8 Å². The third-order valence-corrected chi connectivity index (χ3v) is 6.81. The van der Waals surface area contributed by atoms with Crippen LogP contribution in [0.4, 0.5) is 15.8 Å². The lowest BCUT2D eigenvalue weighted by Gasteiger charge is -2.30. The van der Waals surface area contributed by atoms with Gasteiger partial charge in [-0.05, 0) is 49.7 Å². The predicted molar refractivity (Wildman–Crippen MR) is 145 cm³/mol. The Kier molecular flexibility index (Phi) is 8.06. The molecule has 0 spiro atoms. The number of benzene rings is 3. The van der Waals surface area contributed by atoms with E-state index in [1.807, 2.05) is 31.2 Å². The Morgan fingerprint density at radius 2 is 1.68 bits per heavy atom. The standard InChI is InChI=1S/C29H25FN4O2S/c1-18-9-8-12-21(15-18)33-25(35)17-37-29-23(16-31)27(22-13-6-7-14-24(22)30)26(19(2)32-29)28(36)34-20-10-4-3-5-11-20/h3-15,27,32H,17H2,1-2H3,(H,33,35)(H,34,36)/t27-/m1/s1. The summed E-state index contributed by atoms with van der Waals surface area (Å²) in [6, 6.07) is 24.6. The van der Waals surface area contributed by atoms with Crippen molar-refractivity contribution in [1.82, 2.24) is 5.32 Å². The number of anilines is 2. The number of hydrogen-bond acceptors (Lipinski definition) is 5. The van der Waals surface area contributed by atoms with Crippen LogP contribution < -0.4 is 16.0 Å². The van der Waals surface area contributed by atoms with Crippen molar-refractivity contribution in [2.45, 2.75) is 19.8 Å². The number of amides is 2. The Morgan fingerprint density at radius 1 is 0.973 bits per heavy atom. The van der Waals surface area contributed by atoms with Crippen molar-refractivity contribution in [3.8, 4) is 6.07 Å². The summed E-state index contributed by atoms with van der Waals surface area (Å²) in [6.07, 6.45) is 0. The number of nitrogens with one attached hydrogen (secondary N) is 3. The SMILES string of the molecule is CC1=C(C(=O)Nc2ccccc2)[C@H](c2ccccc2F)C(C#N)=C(SCC(=O)Nc2cccc(C)c2)N1. The second kappa shape index (κ2) is 11.6. The zero-order valence-corrected chi connectivity index (χ0v) is 21.2. The summed E-state index contributed by atoms with van der Waals surface area (Å²) >= 11 is 1.13. The first-order valence-corrected chi connectivity index (χ1v) is 12.6. The molecule has 0 saturated heterocycles. The van der Waals surface area contributed by atoms with Gasteiger partial charge in [0.1, 0.15) is 5.82 Å². The number of carbonyl (C=O) groups excluding carboxylic acids is 2. The number of aryl methyl sites for hydroxylation is 1. The number of halogens is 1. The van der Waals surface area contributed by atoms with Crippen molar-refractivity contribution < 1.29 is 14.0 Å². The molecule has 3 aromatic carbocycles. The molecule has 0 fully saturated rings. The molecule has 1 atom stereocenters. The van der Waals surface area contributed by atoms with Crippen molar-refractivity contribution in [3.05, 3.63) is 118 Å². The fourth-order valence-electron chi connectivity index (χ4n) is 4.13. The first kappa shape index (κ1) is 25.7. The highest BCUT2D eigenvalue weighted by molar-refractivity contribution is 8.03. The van der Waals surface area contributed by atoms with Gasteiger partial charge in [0, 0.05) is 28.2 Å². The van der Waals surface area contributed by atoms with Gasteiger partial charge in [-0.3, -0.25) is 9.59 Å². The second-order valence-corrected chi connectivity index (χ2v) is 9.48. The van der Waals surface area contributed by atoms with Gasteiger partial charge in [-0.15, -0.1) is 0 Å². The quantitative estimate of drug-likeness (QED) is 0.370. The van der Waals surface area contributed by atoms with Crippen LogP contribution in [-0.4, -0.2) is 17.6 Å². The maximum atomic E-state index is 15.0. The number of hydrogen-bond donors (Lipinski definition) is 3. The molecule has 8 heteroatoms. The third kappa shape index (κ3) is 6.08. The molecule has 0 radical (unpaired) electrons. The molecule has 1 aliphatic heterocycles. The molecule has 3 aromatic rings. The highest BCUT2D eigenvalue weighted by Crippen LogP contribution is 2.41. The van der Waals surface area contributed by atoms with E-state index in [9.17, 15) is 14.9 Å². The first-order chi connectivity index (χ1) is 17.9. The van der Waals surface area contributed by atoms with Gasteiger partial charge in [-0.2, -0.15) is 5.26 Å². The third-order valence-electron chi connectivity index (χ3n) is 5.79. The number of rotatable bonds is 7. The molecule has 1 aliphatic rings. The van der Waals surface area contributed by atoms with Crippen LogP contribution in [0.3, 0.4) is 0 Å². The molecule has 1 heterocycles. The van der Waals surface area contributed by atoms with Gasteiger partial charge in [0.25, 0.3) is 5.91 Å². The Hall–Kier alpha value is -4.35. The highest BCUT2D eigenvalue weighted by Gasteiger charge is 2.36. The van der Waals surface area contributed by atoms with Gasteiger partial charge in [0.05, 0.1) is 28.3 Å². The molecular weight excluding hydrogens is 487 g/mol. The van der Waals surface area contributed by atoms with Crippen molar-refractivity contribution in [2.75, 3.05) is 16.4 Å². The second-order valence-electron chi connectivity index (χ2n) is 8.50. The van der Waals surface area contributed by atoms with Gasteiger partial charge in [-0.1, -0.05) is 60.3 Å². The summed E-state index contributed by atoms with van der Waals surface area (Å²) in [6.45, 7) is 3.64. The average molecular weight is 513 g/mol. The molecule has 0 aliphatic carbocycles. The molecule has 0 saturated carbocycles. The summed E-state index contributed by atoms with van der Waals surface area (Å²) in [7, 11) is 0. The molecule has 0 aromatic heterocycles. The molecular formula is C29H25FN4O2S. The Balaban J connectivity index is 1.64. The van der Waals surface area contributed by atoms with E-state index in [-0.39, 0.29) is 28.4 Å². The summed E-state index contributed by atoms with van der Waals surface area (Å²) in [5.74, 6) is -2.15. The number of thioether (sulfide) groups is 1. The van der Waals surface area contributed by atoms with Crippen LogP contribution in [0, 0.1) is 24.1 Å². The largest absolute Gasteiger partial charge is 0.353 e. The lowest BCUT2D eigenvalue weighted by atomic mass is 9.82. The van der Waals surface area contributed by atoms with Crippen LogP contribution in [-0.2, 0) is 9.59 Å². The Morgan fingerprint density at radius 3 is 2.38 bits per heavy atom. The fraction of sp³-hybridized carbons (Fsp3) is 0.138. The highest BCUT2D eigenvalue weighted by atomic mass is 32.2. The normalized spacial score (nSPS) is 15.0. The number of dihydropyridines is 1. The molecule has 3 N–H and O–H groups in total. The minimum absolute atomic E-state index is 0.0181. The topological polar surface area (TPSA) is 94.0 Å². The maximum Gasteiger partial charge on any atom is 0.254 e. The van der Waals surface area contributed by atoms with E-state index in [1.165, 1.54) is 6.07 Å². The Bertz CT molecular complexity index is 1440. The molecule has 4 rings (SSSR count). The summed E-state index contributed by atoms with van der Waals surface area (Å²) in [4.78, 5) is 26.0. The van der Waals surface area contributed by atoms with E-state index in [1.54, 1.807) is 55.5 Å². The minimum Gasteiger partial charge on any atom is -0.353 e. The van der Waals surface area contributed by atoms with Gasteiger partial charge in [-0.25, -0.2) is 4.39 Å². The first-order valence-electron chi connectivity index (χ1n) is 11.6. The fourth-order valence-corrected chi connectivity index (χ4v) is 5.02. The number of allylic oxidation sites excluding steroid dienone is 2. The van der Waals surface area contributed by atoms with Crippen LogP contribution in [0.15, 0.2) is 101 Å². The van der Waals surface area contributed by atoms with Gasteiger partial charge in [0.2, 0.25) is 5.91 Å². The van der Waals surface area contributed by atoms with Crippen molar-refractivity contribution >= 4 is 35.0 Å². The van der Waals surface area contributed by atoms with E-state index in [4.69, 9.17) is 0 Å².